The zero-order valence-electron chi connectivity index (χ0n) is 16.1. The Morgan fingerprint density at radius 2 is 1.79 bits per heavy atom. The number of hydrogen-bond donors (Lipinski definition) is 3. The Kier molecular flexibility index (Phi) is 5.64. The summed E-state index contributed by atoms with van der Waals surface area (Å²) in [4.78, 5) is 15.3. The van der Waals surface area contributed by atoms with Gasteiger partial charge in [-0.15, -0.1) is 0 Å². The molecule has 2 heterocycles. The largest absolute Gasteiger partial charge is 0.495 e. The third-order valence-electron chi connectivity index (χ3n) is 5.35. The second-order valence-corrected chi connectivity index (χ2v) is 7.29. The minimum atomic E-state index is 0.0266. The number of carbonyl (C=O) groups excluding carboxylic acids is 1. The molecule has 0 aliphatic carbocycles. The van der Waals surface area contributed by atoms with Crippen LogP contribution in [-0.2, 0) is 11.3 Å². The lowest BCUT2D eigenvalue weighted by Crippen LogP contribution is -3.28. The van der Waals surface area contributed by atoms with Gasteiger partial charge in [-0.25, -0.2) is 0 Å². The number of quaternary nitrogens is 2. The van der Waals surface area contributed by atoms with E-state index in [-0.39, 0.29) is 5.91 Å². The maximum atomic E-state index is 12.4. The zero-order chi connectivity index (χ0) is 19.3. The van der Waals surface area contributed by atoms with Crippen LogP contribution < -0.4 is 29.3 Å². The molecule has 2 aromatic rings. The number of methoxy groups -OCH3 is 1. The van der Waals surface area contributed by atoms with E-state index >= 15 is 0 Å². The van der Waals surface area contributed by atoms with Gasteiger partial charge < -0.3 is 29.3 Å². The Balaban J connectivity index is 1.24. The molecule has 3 N–H and O–H groups in total. The van der Waals surface area contributed by atoms with E-state index in [0.29, 0.717) is 19.1 Å². The molecule has 148 valence electrons. The molecule has 0 atom stereocenters. The molecule has 0 aromatic heterocycles. The smallest absolute Gasteiger partial charge is 0.279 e. The van der Waals surface area contributed by atoms with Crippen molar-refractivity contribution < 1.29 is 28.8 Å². The third kappa shape index (κ3) is 4.37. The molecule has 1 amide bonds. The lowest BCUT2D eigenvalue weighted by atomic mass is 10.1. The summed E-state index contributed by atoms with van der Waals surface area (Å²) in [5.74, 6) is 2.38. The van der Waals surface area contributed by atoms with Crippen molar-refractivity contribution in [3.8, 4) is 17.2 Å². The van der Waals surface area contributed by atoms with E-state index in [0.717, 1.165) is 49.9 Å². The van der Waals surface area contributed by atoms with Crippen molar-refractivity contribution in [2.75, 3.05) is 51.9 Å². The van der Waals surface area contributed by atoms with E-state index < -0.39 is 0 Å². The summed E-state index contributed by atoms with van der Waals surface area (Å²) in [6, 6.07) is 13.7. The number of rotatable bonds is 6. The minimum Gasteiger partial charge on any atom is -0.495 e. The van der Waals surface area contributed by atoms with Gasteiger partial charge in [0.2, 0.25) is 6.79 Å². The van der Waals surface area contributed by atoms with E-state index in [9.17, 15) is 4.79 Å². The van der Waals surface area contributed by atoms with Crippen LogP contribution in [0.2, 0.25) is 0 Å². The predicted octanol–water partition coefficient (Wildman–Crippen LogP) is -0.654. The lowest BCUT2D eigenvalue weighted by Gasteiger charge is -2.29. The summed E-state index contributed by atoms with van der Waals surface area (Å²) in [5.41, 5.74) is 1.98. The quantitative estimate of drug-likeness (QED) is 0.618. The standard InChI is InChI=1S/C21H25N3O4/c1-26-18-5-3-2-4-17(18)22-21(25)14-24-10-8-23(9-11-24)13-16-6-7-19-20(12-16)28-15-27-19/h2-7,12H,8-11,13-15H2,1H3,(H,22,25)/p+2. The highest BCUT2D eigenvalue weighted by atomic mass is 16.7. The van der Waals surface area contributed by atoms with E-state index in [4.69, 9.17) is 14.2 Å². The van der Waals surface area contributed by atoms with Gasteiger partial charge in [-0.2, -0.15) is 0 Å². The molecule has 0 bridgehead atoms. The van der Waals surface area contributed by atoms with Gasteiger partial charge in [0.25, 0.3) is 5.91 Å². The number of amides is 1. The zero-order valence-corrected chi connectivity index (χ0v) is 16.1. The minimum absolute atomic E-state index is 0.0266. The first-order valence-corrected chi connectivity index (χ1v) is 9.70. The van der Waals surface area contributed by atoms with Crippen LogP contribution in [0.15, 0.2) is 42.5 Å². The molecule has 7 heteroatoms. The van der Waals surface area contributed by atoms with E-state index in [1.165, 1.54) is 15.4 Å². The van der Waals surface area contributed by atoms with Crippen molar-refractivity contribution in [1.29, 1.82) is 0 Å². The molecular formula is C21H27N3O4+2. The van der Waals surface area contributed by atoms with E-state index in [1.807, 2.05) is 30.3 Å². The van der Waals surface area contributed by atoms with Crippen molar-refractivity contribution in [3.63, 3.8) is 0 Å². The first kappa shape index (κ1) is 18.6. The number of anilines is 1. The predicted molar refractivity (Wildman–Crippen MR) is 104 cm³/mol. The summed E-state index contributed by atoms with van der Waals surface area (Å²) in [6.07, 6.45) is 0. The molecule has 28 heavy (non-hydrogen) atoms. The highest BCUT2D eigenvalue weighted by Gasteiger charge is 2.25. The highest BCUT2D eigenvalue weighted by Crippen LogP contribution is 2.32. The first-order valence-electron chi connectivity index (χ1n) is 9.70. The number of carbonyl (C=O) groups is 1. The summed E-state index contributed by atoms with van der Waals surface area (Å²) >= 11 is 0. The Bertz CT molecular complexity index is 834. The fraction of sp³-hybridized carbons (Fsp3) is 0.381. The Morgan fingerprint density at radius 3 is 2.61 bits per heavy atom. The van der Waals surface area contributed by atoms with Crippen molar-refractivity contribution in [3.05, 3.63) is 48.0 Å². The van der Waals surface area contributed by atoms with Gasteiger partial charge in [0.05, 0.1) is 12.8 Å². The normalized spacial score (nSPS) is 20.6. The number of benzene rings is 2. The molecule has 4 rings (SSSR count). The fourth-order valence-electron chi connectivity index (χ4n) is 3.82. The SMILES string of the molecule is COc1ccccc1NC(=O)C[NH+]1CC[NH+](Cc2ccc3c(c2)OCO3)CC1. The van der Waals surface area contributed by atoms with Crippen LogP contribution in [0.1, 0.15) is 5.56 Å². The second kappa shape index (κ2) is 8.50. The number of hydrogen-bond acceptors (Lipinski definition) is 4. The van der Waals surface area contributed by atoms with Crippen molar-refractivity contribution >= 4 is 11.6 Å². The van der Waals surface area contributed by atoms with Crippen molar-refractivity contribution in [1.82, 2.24) is 0 Å². The molecule has 0 unspecified atom stereocenters. The number of ether oxygens (including phenoxy) is 3. The van der Waals surface area contributed by atoms with Crippen molar-refractivity contribution in [2.45, 2.75) is 6.54 Å². The molecule has 1 saturated heterocycles. The Hall–Kier alpha value is -2.77. The maximum absolute atomic E-state index is 12.4. The summed E-state index contributed by atoms with van der Waals surface area (Å²) in [7, 11) is 1.61. The molecule has 2 aromatic carbocycles. The van der Waals surface area contributed by atoms with Gasteiger partial charge in [0.15, 0.2) is 18.0 Å². The molecule has 0 spiro atoms. The molecule has 0 saturated carbocycles. The van der Waals surface area contributed by atoms with Crippen molar-refractivity contribution in [2.24, 2.45) is 0 Å². The van der Waals surface area contributed by atoms with Crippen LogP contribution in [0.3, 0.4) is 0 Å². The maximum Gasteiger partial charge on any atom is 0.279 e. The monoisotopic (exact) mass is 385 g/mol. The van der Waals surface area contributed by atoms with Gasteiger partial charge in [0.1, 0.15) is 38.5 Å². The second-order valence-electron chi connectivity index (χ2n) is 7.29. The summed E-state index contributed by atoms with van der Waals surface area (Å²) < 4.78 is 16.1. The lowest BCUT2D eigenvalue weighted by molar-refractivity contribution is -1.02. The third-order valence-corrected chi connectivity index (χ3v) is 5.35. The highest BCUT2D eigenvalue weighted by molar-refractivity contribution is 5.92. The molecule has 0 radical (unpaired) electrons. The average molecular weight is 385 g/mol. The van der Waals surface area contributed by atoms with Gasteiger partial charge >= 0.3 is 0 Å². The number of nitrogens with one attached hydrogen (secondary N) is 3. The van der Waals surface area contributed by atoms with Gasteiger partial charge in [-0.1, -0.05) is 12.1 Å². The first-order chi connectivity index (χ1) is 13.7. The van der Waals surface area contributed by atoms with E-state index in [1.54, 1.807) is 7.11 Å². The molecular weight excluding hydrogens is 358 g/mol. The van der Waals surface area contributed by atoms with Crippen LogP contribution in [0, 0.1) is 0 Å². The van der Waals surface area contributed by atoms with Gasteiger partial charge in [0, 0.05) is 5.56 Å². The van der Waals surface area contributed by atoms with E-state index in [2.05, 4.69) is 17.4 Å². The Morgan fingerprint density at radius 1 is 1.04 bits per heavy atom. The number of fused-ring (bicyclic) bond motifs is 1. The number of piperazine rings is 1. The van der Waals surface area contributed by atoms with Crippen LogP contribution in [0.5, 0.6) is 17.2 Å². The summed E-state index contributed by atoms with van der Waals surface area (Å²) in [6.45, 7) is 5.83. The van der Waals surface area contributed by atoms with Gasteiger partial charge in [-0.3, -0.25) is 4.79 Å². The van der Waals surface area contributed by atoms with Crippen LogP contribution in [-0.4, -0.2) is 52.5 Å². The fourth-order valence-corrected chi connectivity index (χ4v) is 3.82. The number of para-hydroxylation sites is 2. The summed E-state index contributed by atoms with van der Waals surface area (Å²) in [5, 5.41) is 2.97. The van der Waals surface area contributed by atoms with Gasteiger partial charge in [-0.05, 0) is 30.3 Å². The van der Waals surface area contributed by atoms with Crippen LogP contribution in [0.4, 0.5) is 5.69 Å². The average Bonchev–Trinajstić information content (AvgIpc) is 3.18. The molecule has 1 fully saturated rings. The topological polar surface area (TPSA) is 65.7 Å². The van der Waals surface area contributed by atoms with Crippen LogP contribution >= 0.6 is 0 Å². The van der Waals surface area contributed by atoms with Crippen LogP contribution in [0.25, 0.3) is 0 Å². The Labute approximate surface area is 164 Å². The molecule has 7 nitrogen and oxygen atoms in total. The molecule has 2 aliphatic rings. The molecule has 2 aliphatic heterocycles.